The number of halogens is 3. The van der Waals surface area contributed by atoms with Gasteiger partial charge in [-0.3, -0.25) is 9.36 Å². The van der Waals surface area contributed by atoms with Crippen LogP contribution in [0.4, 0.5) is 13.2 Å². The number of thioether (sulfide) groups is 1. The van der Waals surface area contributed by atoms with E-state index in [1.54, 1.807) is 22.8 Å². The zero-order valence-corrected chi connectivity index (χ0v) is 22.2. The second-order valence-electron chi connectivity index (χ2n) is 9.61. The van der Waals surface area contributed by atoms with Crippen molar-refractivity contribution in [3.8, 4) is 17.2 Å². The highest BCUT2D eigenvalue weighted by Crippen LogP contribution is 2.54. The molecule has 198 valence electrons. The Labute approximate surface area is 217 Å². The van der Waals surface area contributed by atoms with Gasteiger partial charge in [0, 0.05) is 11.0 Å². The summed E-state index contributed by atoms with van der Waals surface area (Å²) in [7, 11) is 4.27. The predicted octanol–water partition coefficient (Wildman–Crippen LogP) is 6.04. The van der Waals surface area contributed by atoms with Gasteiger partial charge in [-0.1, -0.05) is 32.9 Å². The minimum absolute atomic E-state index is 0.0493. The van der Waals surface area contributed by atoms with Crippen molar-refractivity contribution in [1.82, 2.24) is 14.8 Å². The zero-order valence-electron chi connectivity index (χ0n) is 21.3. The molecule has 11 heteroatoms. The van der Waals surface area contributed by atoms with Crippen molar-refractivity contribution in [2.24, 2.45) is 0 Å². The summed E-state index contributed by atoms with van der Waals surface area (Å²) in [5, 5.41) is 7.61. The number of alkyl halides is 3. The van der Waals surface area contributed by atoms with Crippen LogP contribution in [0.3, 0.4) is 0 Å². The molecule has 2 atom stereocenters. The fraction of sp³-hybridized carbons (Fsp3) is 0.423. The lowest BCUT2D eigenvalue weighted by molar-refractivity contribution is -0.140. The predicted molar refractivity (Wildman–Crippen MR) is 133 cm³/mol. The number of para-hydroxylation sites is 1. The van der Waals surface area contributed by atoms with Gasteiger partial charge in [0.25, 0.3) is 0 Å². The summed E-state index contributed by atoms with van der Waals surface area (Å²) in [6, 6.07) is 8.92. The van der Waals surface area contributed by atoms with Crippen LogP contribution in [-0.2, 0) is 21.1 Å². The van der Waals surface area contributed by atoms with Crippen LogP contribution in [0, 0.1) is 0 Å². The van der Waals surface area contributed by atoms with Crippen LogP contribution < -0.4 is 9.47 Å². The maximum atomic E-state index is 13.9. The lowest BCUT2D eigenvalue weighted by Crippen LogP contribution is -2.20. The Hall–Kier alpha value is -3.21. The maximum absolute atomic E-state index is 13.9. The van der Waals surface area contributed by atoms with Crippen molar-refractivity contribution in [2.75, 3.05) is 21.3 Å². The highest BCUT2D eigenvalue weighted by molar-refractivity contribution is 8.00. The molecule has 37 heavy (non-hydrogen) atoms. The molecule has 2 unspecified atom stereocenters. The van der Waals surface area contributed by atoms with Gasteiger partial charge in [-0.2, -0.15) is 13.2 Å². The number of esters is 1. The first-order chi connectivity index (χ1) is 17.4. The number of hydrogen-bond acceptors (Lipinski definition) is 7. The minimum atomic E-state index is -4.55. The molecule has 0 saturated heterocycles. The molecule has 0 aliphatic carbocycles. The molecule has 0 N–H and O–H groups in total. The molecular formula is C26H28F3N3O4S. The minimum Gasteiger partial charge on any atom is -0.493 e. The third kappa shape index (κ3) is 5.01. The quantitative estimate of drug-likeness (QED) is 0.369. The van der Waals surface area contributed by atoms with Crippen LogP contribution in [0.25, 0.3) is 5.69 Å². The monoisotopic (exact) mass is 535 g/mol. The topological polar surface area (TPSA) is 75.5 Å². The number of methoxy groups -OCH3 is 3. The van der Waals surface area contributed by atoms with Crippen LogP contribution in [-0.4, -0.2) is 42.1 Å². The number of carbonyl (C=O) groups excluding carboxylic acids is 1. The third-order valence-electron chi connectivity index (χ3n) is 6.12. The summed E-state index contributed by atoms with van der Waals surface area (Å²) in [6.07, 6.45) is -4.60. The Morgan fingerprint density at radius 1 is 1.03 bits per heavy atom. The fourth-order valence-corrected chi connectivity index (χ4v) is 5.91. The highest BCUT2D eigenvalue weighted by atomic mass is 32.2. The number of hydrogen-bond donors (Lipinski definition) is 0. The van der Waals surface area contributed by atoms with Crippen molar-refractivity contribution in [3.63, 3.8) is 0 Å². The molecule has 2 heterocycles. The van der Waals surface area contributed by atoms with Gasteiger partial charge in [-0.25, -0.2) is 0 Å². The molecule has 0 radical (unpaired) electrons. The number of nitrogens with zero attached hydrogens (tertiary/aromatic N) is 3. The molecule has 0 spiro atoms. The molecule has 4 rings (SSSR count). The Bertz CT molecular complexity index is 1320. The van der Waals surface area contributed by atoms with Gasteiger partial charge in [0.2, 0.25) is 0 Å². The lowest BCUT2D eigenvalue weighted by atomic mass is 9.94. The van der Waals surface area contributed by atoms with E-state index in [2.05, 4.69) is 10.2 Å². The number of rotatable bonds is 5. The second kappa shape index (κ2) is 9.92. The number of ether oxygens (including phenoxy) is 3. The smallest absolute Gasteiger partial charge is 0.416 e. The van der Waals surface area contributed by atoms with E-state index in [9.17, 15) is 18.0 Å². The summed E-state index contributed by atoms with van der Waals surface area (Å²) in [5.41, 5.74) is 0.243. The van der Waals surface area contributed by atoms with Crippen molar-refractivity contribution in [1.29, 1.82) is 0 Å². The Kier molecular flexibility index (Phi) is 7.20. The van der Waals surface area contributed by atoms with Gasteiger partial charge < -0.3 is 14.2 Å². The molecule has 1 aromatic heterocycles. The van der Waals surface area contributed by atoms with Crippen LogP contribution in [0.5, 0.6) is 11.5 Å². The number of carbonyl (C=O) groups is 1. The van der Waals surface area contributed by atoms with E-state index in [0.29, 0.717) is 40.0 Å². The highest BCUT2D eigenvalue weighted by Gasteiger charge is 2.40. The largest absolute Gasteiger partial charge is 0.493 e. The zero-order chi connectivity index (χ0) is 27.1. The molecule has 1 aliphatic heterocycles. The molecule has 0 fully saturated rings. The van der Waals surface area contributed by atoms with E-state index in [0.717, 1.165) is 12.1 Å². The van der Waals surface area contributed by atoms with Crippen LogP contribution in [0.2, 0.25) is 0 Å². The van der Waals surface area contributed by atoms with Gasteiger partial charge in [-0.05, 0) is 29.8 Å². The fourth-order valence-electron chi connectivity index (χ4n) is 4.40. The van der Waals surface area contributed by atoms with E-state index in [4.69, 9.17) is 14.2 Å². The molecular weight excluding hydrogens is 507 g/mol. The van der Waals surface area contributed by atoms with Crippen LogP contribution in [0.1, 0.15) is 66.0 Å². The SMILES string of the molecule is COC(=O)CC1SC(c2cccc(OC)c2OC)c2cc(C(F)(F)F)ccc2-n2c1nnc2C(C)(C)C. The normalized spacial score (nSPS) is 17.4. The Morgan fingerprint density at radius 3 is 2.35 bits per heavy atom. The molecule has 0 saturated carbocycles. The van der Waals surface area contributed by atoms with E-state index < -0.39 is 33.6 Å². The Morgan fingerprint density at radius 2 is 1.76 bits per heavy atom. The summed E-state index contributed by atoms with van der Waals surface area (Å²) in [6.45, 7) is 5.85. The summed E-state index contributed by atoms with van der Waals surface area (Å²) in [5.74, 6) is 1.40. The van der Waals surface area contributed by atoms with E-state index in [1.807, 2.05) is 20.8 Å². The average molecular weight is 536 g/mol. The average Bonchev–Trinajstić information content (AvgIpc) is 3.26. The third-order valence-corrected chi connectivity index (χ3v) is 7.61. The van der Waals surface area contributed by atoms with Gasteiger partial charge in [-0.15, -0.1) is 22.0 Å². The van der Waals surface area contributed by atoms with E-state index >= 15 is 0 Å². The first-order valence-corrected chi connectivity index (χ1v) is 12.5. The summed E-state index contributed by atoms with van der Waals surface area (Å²) >= 11 is 1.30. The first kappa shape index (κ1) is 26.8. The van der Waals surface area contributed by atoms with Crippen LogP contribution >= 0.6 is 11.8 Å². The molecule has 7 nitrogen and oxygen atoms in total. The first-order valence-electron chi connectivity index (χ1n) is 11.5. The van der Waals surface area contributed by atoms with Crippen LogP contribution in [0.15, 0.2) is 36.4 Å². The van der Waals surface area contributed by atoms with E-state index in [-0.39, 0.29) is 6.42 Å². The van der Waals surface area contributed by atoms with Crippen molar-refractivity contribution in [2.45, 2.75) is 49.3 Å². The second-order valence-corrected chi connectivity index (χ2v) is 10.9. The summed E-state index contributed by atoms with van der Waals surface area (Å²) < 4.78 is 59.6. The maximum Gasteiger partial charge on any atom is 0.416 e. The molecule has 0 amide bonds. The molecule has 0 bridgehead atoms. The number of fused-ring (bicyclic) bond motifs is 3. The molecule has 2 aromatic carbocycles. The standard InChI is InChI=1S/C26H28F3N3O4S/c1-25(2,3)24-31-30-23-19(13-20(33)35-5)37-22(15-8-7-9-18(34-4)21(15)36-6)16-12-14(26(27,28)29)10-11-17(16)32(23)24/h7-12,19,22H,13H2,1-6H3. The van der Waals surface area contributed by atoms with Gasteiger partial charge in [0.05, 0.1) is 49.5 Å². The van der Waals surface area contributed by atoms with Gasteiger partial charge >= 0.3 is 12.1 Å². The molecule has 1 aliphatic rings. The molecule has 3 aromatic rings. The lowest BCUT2D eigenvalue weighted by Gasteiger charge is -2.25. The van der Waals surface area contributed by atoms with E-state index in [1.165, 1.54) is 39.2 Å². The van der Waals surface area contributed by atoms with Crippen molar-refractivity contribution in [3.05, 3.63) is 64.7 Å². The van der Waals surface area contributed by atoms with Gasteiger partial charge in [0.15, 0.2) is 17.3 Å². The summed E-state index contributed by atoms with van der Waals surface area (Å²) in [4.78, 5) is 12.4. The number of aromatic nitrogens is 3. The Balaban J connectivity index is 2.07. The van der Waals surface area contributed by atoms with Crippen molar-refractivity contribution >= 4 is 17.7 Å². The van der Waals surface area contributed by atoms with Gasteiger partial charge in [0.1, 0.15) is 5.82 Å². The number of benzene rings is 2. The van der Waals surface area contributed by atoms with Crippen molar-refractivity contribution < 1.29 is 32.2 Å².